The molecule has 1 aliphatic rings. The summed E-state index contributed by atoms with van der Waals surface area (Å²) in [5, 5.41) is 19.1. The summed E-state index contributed by atoms with van der Waals surface area (Å²) < 4.78 is 5.41. The zero-order valence-electron chi connectivity index (χ0n) is 24.4. The Morgan fingerprint density at radius 1 is 1.14 bits per heavy atom. The average molecular weight is 570 g/mol. The number of nitrogens with zero attached hydrogens (tertiary/aromatic N) is 5. The van der Waals surface area contributed by atoms with Crippen LogP contribution in [0.1, 0.15) is 45.2 Å². The van der Waals surface area contributed by atoms with Crippen molar-refractivity contribution in [1.29, 1.82) is 0 Å². The molecule has 3 amide bonds. The SMILES string of the molecule is CC(C(=O)N[C@H]1CCc2ccccc2N(Cc2cccc3ccc(-c4nnn[nH]4)cc23)C1=O)N(C)C(=O)OC(C)(C)C. The first-order valence-electron chi connectivity index (χ1n) is 13.9. The normalized spacial score (nSPS) is 16.0. The fourth-order valence-electron chi connectivity index (χ4n) is 5.05. The topological polar surface area (TPSA) is 133 Å². The summed E-state index contributed by atoms with van der Waals surface area (Å²) in [5.74, 6) is -0.0905. The Bertz CT molecular complexity index is 1610. The maximum absolute atomic E-state index is 14.1. The predicted octanol–water partition coefficient (Wildman–Crippen LogP) is 4.24. The van der Waals surface area contributed by atoms with Crippen LogP contribution in [0.15, 0.2) is 60.7 Å². The molecule has 2 N–H and O–H groups in total. The maximum Gasteiger partial charge on any atom is 0.410 e. The van der Waals surface area contributed by atoms with Crippen molar-refractivity contribution in [2.45, 2.75) is 64.8 Å². The zero-order chi connectivity index (χ0) is 30.0. The molecule has 11 nitrogen and oxygen atoms in total. The summed E-state index contributed by atoms with van der Waals surface area (Å²) in [5.41, 5.74) is 2.91. The van der Waals surface area contributed by atoms with Crippen LogP contribution in [0.25, 0.3) is 22.2 Å². The maximum atomic E-state index is 14.1. The second-order valence-electron chi connectivity index (χ2n) is 11.5. The molecule has 0 spiro atoms. The van der Waals surface area contributed by atoms with E-state index in [0.29, 0.717) is 25.2 Å². The molecule has 3 aromatic carbocycles. The summed E-state index contributed by atoms with van der Waals surface area (Å²) in [6, 6.07) is 18.1. The number of aromatic nitrogens is 4. The fourth-order valence-corrected chi connectivity index (χ4v) is 5.05. The monoisotopic (exact) mass is 569 g/mol. The molecule has 42 heavy (non-hydrogen) atoms. The van der Waals surface area contributed by atoms with Gasteiger partial charge in [-0.2, -0.15) is 0 Å². The lowest BCUT2D eigenvalue weighted by molar-refractivity contribution is -0.130. The Morgan fingerprint density at radius 2 is 1.93 bits per heavy atom. The Kier molecular flexibility index (Phi) is 7.93. The molecule has 0 bridgehead atoms. The molecule has 0 radical (unpaired) electrons. The smallest absolute Gasteiger partial charge is 0.410 e. The minimum atomic E-state index is -0.839. The molecule has 2 heterocycles. The summed E-state index contributed by atoms with van der Waals surface area (Å²) in [4.78, 5) is 43.0. The quantitative estimate of drug-likeness (QED) is 0.355. The van der Waals surface area contributed by atoms with Crippen molar-refractivity contribution >= 4 is 34.4 Å². The lowest BCUT2D eigenvalue weighted by Gasteiger charge is -2.30. The average Bonchev–Trinajstić information content (AvgIpc) is 3.47. The minimum Gasteiger partial charge on any atom is -0.444 e. The molecule has 0 saturated carbocycles. The van der Waals surface area contributed by atoms with Gasteiger partial charge in [0.15, 0.2) is 5.82 Å². The van der Waals surface area contributed by atoms with Gasteiger partial charge in [0, 0.05) is 18.3 Å². The standard InChI is InChI=1S/C31H35N7O4/c1-19(37(5)30(41)42-31(2,3)4)28(39)32-25-16-15-21-9-6-7-12-26(21)38(29(25)40)18-23-11-8-10-20-13-14-22(17-24(20)23)27-33-35-36-34-27/h6-14,17,19,25H,15-16,18H2,1-5H3,(H,32,39)(H,33,34,35,36)/t19?,25-/m0/s1. The molecule has 218 valence electrons. The Balaban J connectivity index is 1.42. The number of nitrogens with one attached hydrogen (secondary N) is 2. The number of aromatic amines is 1. The van der Waals surface area contributed by atoms with Gasteiger partial charge in [0.05, 0.1) is 6.54 Å². The van der Waals surface area contributed by atoms with E-state index in [4.69, 9.17) is 4.74 Å². The number of aryl methyl sites for hydroxylation is 1. The van der Waals surface area contributed by atoms with E-state index < -0.39 is 29.7 Å². The minimum absolute atomic E-state index is 0.215. The third-order valence-electron chi connectivity index (χ3n) is 7.43. The van der Waals surface area contributed by atoms with Crippen molar-refractivity contribution in [1.82, 2.24) is 30.8 Å². The highest BCUT2D eigenvalue weighted by Gasteiger charge is 2.34. The van der Waals surface area contributed by atoms with Gasteiger partial charge in [0.1, 0.15) is 17.7 Å². The van der Waals surface area contributed by atoms with Gasteiger partial charge in [-0.15, -0.1) is 5.10 Å². The number of para-hydroxylation sites is 1. The summed E-state index contributed by atoms with van der Waals surface area (Å²) in [6.07, 6.45) is 0.430. The number of carbonyl (C=O) groups is 3. The first-order valence-corrected chi connectivity index (χ1v) is 13.9. The molecule has 0 saturated heterocycles. The van der Waals surface area contributed by atoms with Crippen LogP contribution in [-0.4, -0.2) is 68.2 Å². The number of likely N-dealkylation sites (N-methyl/N-ethyl adjacent to an activating group) is 1. The predicted molar refractivity (Wildman–Crippen MR) is 158 cm³/mol. The van der Waals surface area contributed by atoms with Gasteiger partial charge in [-0.25, -0.2) is 9.89 Å². The van der Waals surface area contributed by atoms with E-state index in [1.807, 2.05) is 60.7 Å². The fraction of sp³-hybridized carbons (Fsp3) is 0.355. The molecule has 1 aromatic heterocycles. The third kappa shape index (κ3) is 6.09. The number of anilines is 1. The van der Waals surface area contributed by atoms with Crippen molar-refractivity contribution < 1.29 is 19.1 Å². The van der Waals surface area contributed by atoms with Gasteiger partial charge in [-0.3, -0.25) is 14.5 Å². The lowest BCUT2D eigenvalue weighted by Crippen LogP contribution is -2.54. The summed E-state index contributed by atoms with van der Waals surface area (Å²) >= 11 is 0. The van der Waals surface area contributed by atoms with Crippen molar-refractivity contribution in [3.05, 3.63) is 71.8 Å². The summed E-state index contributed by atoms with van der Waals surface area (Å²) in [7, 11) is 1.51. The Hall–Kier alpha value is -4.80. The number of fused-ring (bicyclic) bond motifs is 2. The van der Waals surface area contributed by atoms with Crippen LogP contribution in [0.2, 0.25) is 0 Å². The molecule has 1 unspecified atom stereocenters. The third-order valence-corrected chi connectivity index (χ3v) is 7.43. The zero-order valence-corrected chi connectivity index (χ0v) is 24.4. The molecule has 2 atom stereocenters. The largest absolute Gasteiger partial charge is 0.444 e. The number of amides is 3. The van der Waals surface area contributed by atoms with Crippen LogP contribution < -0.4 is 10.2 Å². The molecule has 1 aliphatic heterocycles. The molecule has 11 heteroatoms. The molecule has 0 fully saturated rings. The number of tetrazole rings is 1. The van der Waals surface area contributed by atoms with Gasteiger partial charge in [-0.1, -0.05) is 48.5 Å². The lowest BCUT2D eigenvalue weighted by atomic mass is 10.0. The van der Waals surface area contributed by atoms with Crippen LogP contribution in [0.5, 0.6) is 0 Å². The highest BCUT2D eigenvalue weighted by molar-refractivity contribution is 6.01. The van der Waals surface area contributed by atoms with Crippen LogP contribution in [-0.2, 0) is 27.3 Å². The Morgan fingerprint density at radius 3 is 2.67 bits per heavy atom. The molecule has 4 aromatic rings. The molecule has 0 aliphatic carbocycles. The number of benzene rings is 3. The van der Waals surface area contributed by atoms with Crippen molar-refractivity contribution in [3.8, 4) is 11.4 Å². The van der Waals surface area contributed by atoms with Crippen LogP contribution in [0.3, 0.4) is 0 Å². The number of carbonyl (C=O) groups excluding carboxylic acids is 3. The number of rotatable bonds is 6. The second-order valence-corrected chi connectivity index (χ2v) is 11.5. The molecular weight excluding hydrogens is 534 g/mol. The van der Waals surface area contributed by atoms with E-state index >= 15 is 0 Å². The number of H-pyrrole nitrogens is 1. The van der Waals surface area contributed by atoms with Crippen molar-refractivity contribution in [2.24, 2.45) is 0 Å². The van der Waals surface area contributed by atoms with E-state index in [0.717, 1.165) is 33.2 Å². The summed E-state index contributed by atoms with van der Waals surface area (Å²) in [6.45, 7) is 7.21. The van der Waals surface area contributed by atoms with E-state index in [-0.39, 0.29) is 5.91 Å². The number of hydrogen-bond acceptors (Lipinski definition) is 7. The first kappa shape index (κ1) is 28.7. The van der Waals surface area contributed by atoms with E-state index in [1.54, 1.807) is 32.6 Å². The van der Waals surface area contributed by atoms with Gasteiger partial charge in [-0.05, 0) is 85.0 Å². The van der Waals surface area contributed by atoms with E-state index in [9.17, 15) is 14.4 Å². The molecular formula is C31H35N7O4. The van der Waals surface area contributed by atoms with Gasteiger partial charge < -0.3 is 15.0 Å². The highest BCUT2D eigenvalue weighted by atomic mass is 16.6. The van der Waals surface area contributed by atoms with Crippen LogP contribution in [0, 0.1) is 0 Å². The van der Waals surface area contributed by atoms with E-state index in [1.165, 1.54) is 11.9 Å². The number of hydrogen-bond donors (Lipinski definition) is 2. The molecule has 5 rings (SSSR count). The van der Waals surface area contributed by atoms with Gasteiger partial charge >= 0.3 is 6.09 Å². The first-order chi connectivity index (χ1) is 20.0. The van der Waals surface area contributed by atoms with Crippen molar-refractivity contribution in [3.63, 3.8) is 0 Å². The van der Waals surface area contributed by atoms with E-state index in [2.05, 4.69) is 25.9 Å². The van der Waals surface area contributed by atoms with Gasteiger partial charge in [0.25, 0.3) is 0 Å². The number of ether oxygens (including phenoxy) is 1. The van der Waals surface area contributed by atoms with Crippen molar-refractivity contribution in [2.75, 3.05) is 11.9 Å². The van der Waals surface area contributed by atoms with Gasteiger partial charge in [0.2, 0.25) is 11.8 Å². The van der Waals surface area contributed by atoms with Crippen LogP contribution >= 0.6 is 0 Å². The van der Waals surface area contributed by atoms with Crippen LogP contribution in [0.4, 0.5) is 10.5 Å². The Labute approximate surface area is 244 Å². The highest BCUT2D eigenvalue weighted by Crippen LogP contribution is 2.31. The second kappa shape index (κ2) is 11.6.